The Labute approximate surface area is 114 Å². The Balaban J connectivity index is 1.76. The molecule has 3 heteroatoms. The van der Waals surface area contributed by atoms with Gasteiger partial charge in [0.15, 0.2) is 11.5 Å². The summed E-state index contributed by atoms with van der Waals surface area (Å²) in [4.78, 5) is 0. The molecule has 1 aliphatic heterocycles. The van der Waals surface area contributed by atoms with Crippen LogP contribution in [0.3, 0.4) is 0 Å². The second-order valence-corrected chi connectivity index (χ2v) is 5.60. The number of aliphatic hydroxyl groups excluding tert-OH is 1. The van der Waals surface area contributed by atoms with Gasteiger partial charge in [-0.3, -0.25) is 0 Å². The molecule has 0 saturated heterocycles. The molecule has 1 saturated carbocycles. The van der Waals surface area contributed by atoms with Gasteiger partial charge in [-0.15, -0.1) is 0 Å². The molecule has 1 N–H and O–H groups in total. The van der Waals surface area contributed by atoms with Crippen molar-refractivity contribution in [3.8, 4) is 11.5 Å². The molecular formula is C16H22O3. The fraction of sp³-hybridized carbons (Fsp3) is 0.625. The van der Waals surface area contributed by atoms with Crippen LogP contribution in [0.4, 0.5) is 0 Å². The van der Waals surface area contributed by atoms with Crippen LogP contribution in [0, 0.1) is 5.92 Å². The first-order chi connectivity index (χ1) is 9.34. The molecule has 3 nitrogen and oxygen atoms in total. The van der Waals surface area contributed by atoms with Crippen molar-refractivity contribution >= 4 is 0 Å². The SMILES string of the molecule is OC(c1ccc2c(c1)OCCO2)C1CCCCCC1. The first kappa shape index (κ1) is 12.8. The van der Waals surface area contributed by atoms with E-state index in [1.54, 1.807) is 0 Å². The molecule has 19 heavy (non-hydrogen) atoms. The quantitative estimate of drug-likeness (QED) is 0.829. The average molecular weight is 262 g/mol. The highest BCUT2D eigenvalue weighted by Crippen LogP contribution is 2.37. The molecule has 2 aliphatic rings. The molecule has 1 aromatic carbocycles. The lowest BCUT2D eigenvalue weighted by molar-refractivity contribution is 0.0977. The van der Waals surface area contributed by atoms with Crippen LogP contribution in [0.2, 0.25) is 0 Å². The van der Waals surface area contributed by atoms with E-state index in [4.69, 9.17) is 9.47 Å². The van der Waals surface area contributed by atoms with Crippen LogP contribution in [0.1, 0.15) is 50.2 Å². The highest BCUT2D eigenvalue weighted by atomic mass is 16.6. The highest BCUT2D eigenvalue weighted by molar-refractivity contribution is 5.44. The third kappa shape index (κ3) is 2.86. The molecule has 0 aromatic heterocycles. The Hall–Kier alpha value is -1.22. The average Bonchev–Trinajstić information content (AvgIpc) is 2.75. The van der Waals surface area contributed by atoms with Crippen LogP contribution in [0.15, 0.2) is 18.2 Å². The topological polar surface area (TPSA) is 38.7 Å². The Morgan fingerprint density at radius 1 is 0.947 bits per heavy atom. The van der Waals surface area contributed by atoms with E-state index in [2.05, 4.69) is 0 Å². The van der Waals surface area contributed by atoms with Crippen LogP contribution in [0.5, 0.6) is 11.5 Å². The van der Waals surface area contributed by atoms with E-state index < -0.39 is 0 Å². The normalized spacial score (nSPS) is 21.7. The van der Waals surface area contributed by atoms with Gasteiger partial charge in [0.1, 0.15) is 13.2 Å². The summed E-state index contributed by atoms with van der Waals surface area (Å²) >= 11 is 0. The van der Waals surface area contributed by atoms with Crippen molar-refractivity contribution in [3.63, 3.8) is 0 Å². The van der Waals surface area contributed by atoms with Crippen LogP contribution >= 0.6 is 0 Å². The molecule has 1 aliphatic carbocycles. The first-order valence-corrected chi connectivity index (χ1v) is 7.42. The molecule has 1 atom stereocenters. The summed E-state index contributed by atoms with van der Waals surface area (Å²) in [5.74, 6) is 1.96. The van der Waals surface area contributed by atoms with Gasteiger partial charge in [-0.1, -0.05) is 31.7 Å². The molecule has 3 rings (SSSR count). The van der Waals surface area contributed by atoms with Crippen LogP contribution in [0.25, 0.3) is 0 Å². The van der Waals surface area contributed by atoms with E-state index in [0.29, 0.717) is 19.1 Å². The fourth-order valence-corrected chi connectivity index (χ4v) is 3.14. The number of ether oxygens (including phenoxy) is 2. The smallest absolute Gasteiger partial charge is 0.161 e. The summed E-state index contributed by atoms with van der Waals surface area (Å²) < 4.78 is 11.1. The molecule has 0 radical (unpaired) electrons. The van der Waals surface area contributed by atoms with Crippen molar-refractivity contribution in [2.45, 2.75) is 44.6 Å². The number of benzene rings is 1. The maximum Gasteiger partial charge on any atom is 0.161 e. The van der Waals surface area contributed by atoms with Crippen LogP contribution in [-0.2, 0) is 0 Å². The van der Waals surface area contributed by atoms with Crippen LogP contribution in [-0.4, -0.2) is 18.3 Å². The second kappa shape index (κ2) is 5.83. The Morgan fingerprint density at radius 3 is 2.37 bits per heavy atom. The van der Waals surface area contributed by atoms with Gasteiger partial charge in [0.25, 0.3) is 0 Å². The van der Waals surface area contributed by atoms with Gasteiger partial charge >= 0.3 is 0 Å². The predicted octanol–water partition coefficient (Wildman–Crippen LogP) is 3.46. The Morgan fingerprint density at radius 2 is 1.63 bits per heavy atom. The predicted molar refractivity (Wildman–Crippen MR) is 73.6 cm³/mol. The first-order valence-electron chi connectivity index (χ1n) is 7.42. The molecular weight excluding hydrogens is 240 g/mol. The lowest BCUT2D eigenvalue weighted by Crippen LogP contribution is -2.17. The van der Waals surface area contributed by atoms with E-state index >= 15 is 0 Å². The summed E-state index contributed by atoms with van der Waals surface area (Å²) in [5.41, 5.74) is 0.969. The fourth-order valence-electron chi connectivity index (χ4n) is 3.14. The zero-order valence-electron chi connectivity index (χ0n) is 11.3. The van der Waals surface area contributed by atoms with E-state index in [-0.39, 0.29) is 6.10 Å². The van der Waals surface area contributed by atoms with Gasteiger partial charge in [0.2, 0.25) is 0 Å². The van der Waals surface area contributed by atoms with Crippen molar-refractivity contribution in [1.82, 2.24) is 0 Å². The number of rotatable bonds is 2. The summed E-state index contributed by atoms with van der Waals surface area (Å²) in [6.07, 6.45) is 7.01. The number of hydrogen-bond acceptors (Lipinski definition) is 3. The van der Waals surface area contributed by atoms with Gasteiger partial charge in [0, 0.05) is 0 Å². The molecule has 1 unspecified atom stereocenters. The maximum atomic E-state index is 10.6. The molecule has 1 fully saturated rings. The van der Waals surface area contributed by atoms with E-state index in [1.807, 2.05) is 18.2 Å². The number of hydrogen-bond donors (Lipinski definition) is 1. The maximum absolute atomic E-state index is 10.6. The van der Waals surface area contributed by atoms with Gasteiger partial charge in [-0.2, -0.15) is 0 Å². The van der Waals surface area contributed by atoms with Crippen molar-refractivity contribution < 1.29 is 14.6 Å². The third-order valence-corrected chi connectivity index (χ3v) is 4.25. The third-order valence-electron chi connectivity index (χ3n) is 4.25. The summed E-state index contributed by atoms with van der Waals surface area (Å²) in [7, 11) is 0. The minimum absolute atomic E-state index is 0.367. The minimum Gasteiger partial charge on any atom is -0.486 e. The molecule has 0 spiro atoms. The zero-order valence-corrected chi connectivity index (χ0v) is 11.3. The van der Waals surface area contributed by atoms with E-state index in [0.717, 1.165) is 29.9 Å². The standard InChI is InChI=1S/C16H22O3/c17-16(12-5-3-1-2-4-6-12)13-7-8-14-15(11-13)19-10-9-18-14/h7-8,11-12,16-17H,1-6,9-10H2. The lowest BCUT2D eigenvalue weighted by atomic mass is 9.89. The largest absolute Gasteiger partial charge is 0.486 e. The van der Waals surface area contributed by atoms with Crippen molar-refractivity contribution in [2.24, 2.45) is 5.92 Å². The minimum atomic E-state index is -0.367. The monoisotopic (exact) mass is 262 g/mol. The zero-order chi connectivity index (χ0) is 13.1. The molecule has 0 bridgehead atoms. The lowest BCUT2D eigenvalue weighted by Gasteiger charge is -2.24. The molecule has 1 heterocycles. The number of aliphatic hydroxyl groups is 1. The molecule has 104 valence electrons. The second-order valence-electron chi connectivity index (χ2n) is 5.60. The Kier molecular flexibility index (Phi) is 3.92. The van der Waals surface area contributed by atoms with E-state index in [9.17, 15) is 5.11 Å². The van der Waals surface area contributed by atoms with Gasteiger partial charge in [-0.25, -0.2) is 0 Å². The van der Waals surface area contributed by atoms with Crippen LogP contribution < -0.4 is 9.47 Å². The molecule has 1 aromatic rings. The number of fused-ring (bicyclic) bond motifs is 1. The Bertz CT molecular complexity index is 422. The summed E-state index contributed by atoms with van der Waals surface area (Å²) in [6.45, 7) is 1.20. The summed E-state index contributed by atoms with van der Waals surface area (Å²) in [5, 5.41) is 10.6. The van der Waals surface area contributed by atoms with Gasteiger partial charge < -0.3 is 14.6 Å². The van der Waals surface area contributed by atoms with Crippen molar-refractivity contribution in [3.05, 3.63) is 23.8 Å². The highest BCUT2D eigenvalue weighted by Gasteiger charge is 2.23. The van der Waals surface area contributed by atoms with Gasteiger partial charge in [-0.05, 0) is 36.5 Å². The van der Waals surface area contributed by atoms with Gasteiger partial charge in [0.05, 0.1) is 6.10 Å². The van der Waals surface area contributed by atoms with Crippen molar-refractivity contribution in [1.29, 1.82) is 0 Å². The van der Waals surface area contributed by atoms with Crippen molar-refractivity contribution in [2.75, 3.05) is 13.2 Å². The summed E-state index contributed by atoms with van der Waals surface area (Å²) in [6, 6.07) is 5.84. The molecule has 0 amide bonds. The van der Waals surface area contributed by atoms with E-state index in [1.165, 1.54) is 25.7 Å².